The summed E-state index contributed by atoms with van der Waals surface area (Å²) >= 11 is 0. The van der Waals surface area contributed by atoms with E-state index < -0.39 is 0 Å². The maximum Gasteiger partial charge on any atom is 0.198 e. The Kier molecular flexibility index (Phi) is 3.79. The molecule has 1 N–H and O–H groups in total. The molecule has 2 rings (SSSR count). The van der Waals surface area contributed by atoms with E-state index in [9.17, 15) is 5.11 Å². The van der Waals surface area contributed by atoms with Crippen LogP contribution in [0.25, 0.3) is 11.1 Å². The number of hydrogen-bond donors (Lipinski definition) is 1. The predicted molar refractivity (Wildman–Crippen MR) is 67.8 cm³/mol. The standard InChI is InChI=1S/C14H19NO2/c1-3-6-10(2)12(16)9-14-15-11-7-4-5-8-13(11)17-14/h4-5,7-8,10,12,16H,3,6,9H2,1-2H3. The zero-order valence-electron chi connectivity index (χ0n) is 10.4. The molecule has 0 aliphatic carbocycles. The number of nitrogens with zero attached hydrogens (tertiary/aromatic N) is 1. The lowest BCUT2D eigenvalue weighted by atomic mass is 9.97. The lowest BCUT2D eigenvalue weighted by Crippen LogP contribution is -2.20. The van der Waals surface area contributed by atoms with E-state index >= 15 is 0 Å². The van der Waals surface area contributed by atoms with Gasteiger partial charge in [0.05, 0.1) is 12.5 Å². The minimum atomic E-state index is -0.372. The van der Waals surface area contributed by atoms with Crippen LogP contribution >= 0.6 is 0 Å². The second-order valence-corrected chi connectivity index (χ2v) is 4.61. The molecular weight excluding hydrogens is 214 g/mol. The van der Waals surface area contributed by atoms with Crippen LogP contribution in [-0.2, 0) is 6.42 Å². The van der Waals surface area contributed by atoms with Crippen molar-refractivity contribution < 1.29 is 9.52 Å². The van der Waals surface area contributed by atoms with Gasteiger partial charge in [-0.05, 0) is 24.5 Å². The fourth-order valence-electron chi connectivity index (χ4n) is 2.04. The first kappa shape index (κ1) is 12.1. The fourth-order valence-corrected chi connectivity index (χ4v) is 2.04. The van der Waals surface area contributed by atoms with Crippen molar-refractivity contribution in [3.63, 3.8) is 0 Å². The van der Waals surface area contributed by atoms with Gasteiger partial charge >= 0.3 is 0 Å². The third-order valence-electron chi connectivity index (χ3n) is 3.12. The first-order valence-electron chi connectivity index (χ1n) is 6.23. The molecule has 17 heavy (non-hydrogen) atoms. The van der Waals surface area contributed by atoms with Crippen molar-refractivity contribution in [2.75, 3.05) is 0 Å². The first-order chi connectivity index (χ1) is 8.20. The van der Waals surface area contributed by atoms with Gasteiger partial charge in [-0.3, -0.25) is 0 Å². The van der Waals surface area contributed by atoms with Crippen LogP contribution in [0.3, 0.4) is 0 Å². The third-order valence-corrected chi connectivity index (χ3v) is 3.12. The van der Waals surface area contributed by atoms with Gasteiger partial charge in [0.15, 0.2) is 11.5 Å². The van der Waals surface area contributed by atoms with Crippen molar-refractivity contribution in [1.82, 2.24) is 4.98 Å². The number of aliphatic hydroxyl groups excluding tert-OH is 1. The molecule has 0 aliphatic heterocycles. The number of aliphatic hydroxyl groups is 1. The fraction of sp³-hybridized carbons (Fsp3) is 0.500. The molecule has 1 heterocycles. The Balaban J connectivity index is 2.07. The van der Waals surface area contributed by atoms with Gasteiger partial charge in [0.2, 0.25) is 0 Å². The quantitative estimate of drug-likeness (QED) is 0.862. The number of benzene rings is 1. The van der Waals surface area contributed by atoms with Gasteiger partial charge in [0.25, 0.3) is 0 Å². The van der Waals surface area contributed by atoms with Crippen molar-refractivity contribution in [2.45, 2.75) is 39.2 Å². The van der Waals surface area contributed by atoms with E-state index in [4.69, 9.17) is 4.42 Å². The summed E-state index contributed by atoms with van der Waals surface area (Å²) in [5.41, 5.74) is 1.65. The second kappa shape index (κ2) is 5.32. The highest BCUT2D eigenvalue weighted by molar-refractivity contribution is 5.72. The summed E-state index contributed by atoms with van der Waals surface area (Å²) in [5.74, 6) is 0.914. The molecule has 0 radical (unpaired) electrons. The van der Waals surface area contributed by atoms with Crippen LogP contribution < -0.4 is 0 Å². The van der Waals surface area contributed by atoms with Gasteiger partial charge < -0.3 is 9.52 Å². The summed E-state index contributed by atoms with van der Waals surface area (Å²) in [6.45, 7) is 4.19. The summed E-state index contributed by atoms with van der Waals surface area (Å²) in [7, 11) is 0. The molecular formula is C14H19NO2. The molecule has 2 atom stereocenters. The van der Waals surface area contributed by atoms with Crippen LogP contribution in [0.15, 0.2) is 28.7 Å². The monoisotopic (exact) mass is 233 g/mol. The molecule has 1 aromatic heterocycles. The molecule has 0 saturated carbocycles. The number of hydrogen-bond acceptors (Lipinski definition) is 3. The average molecular weight is 233 g/mol. The van der Waals surface area contributed by atoms with Crippen LogP contribution in [0.2, 0.25) is 0 Å². The highest BCUT2D eigenvalue weighted by Crippen LogP contribution is 2.19. The summed E-state index contributed by atoms with van der Waals surface area (Å²) < 4.78 is 5.60. The van der Waals surface area contributed by atoms with Crippen molar-refractivity contribution in [1.29, 1.82) is 0 Å². The van der Waals surface area contributed by atoms with Crippen LogP contribution in [0.1, 0.15) is 32.6 Å². The molecule has 2 aromatic rings. The average Bonchev–Trinajstić information content (AvgIpc) is 2.71. The molecule has 0 amide bonds. The highest BCUT2D eigenvalue weighted by atomic mass is 16.4. The van der Waals surface area contributed by atoms with Gasteiger partial charge in [-0.2, -0.15) is 0 Å². The van der Waals surface area contributed by atoms with Gasteiger partial charge in [-0.1, -0.05) is 32.4 Å². The lowest BCUT2D eigenvalue weighted by molar-refractivity contribution is 0.105. The minimum absolute atomic E-state index is 0.287. The van der Waals surface area contributed by atoms with Gasteiger partial charge in [-0.25, -0.2) is 4.98 Å². The van der Waals surface area contributed by atoms with Gasteiger partial charge in [0, 0.05) is 0 Å². The number of oxazole rings is 1. The van der Waals surface area contributed by atoms with Gasteiger partial charge in [-0.15, -0.1) is 0 Å². The number of para-hydroxylation sites is 2. The van der Waals surface area contributed by atoms with E-state index in [0.717, 1.165) is 23.9 Å². The van der Waals surface area contributed by atoms with Crippen LogP contribution in [0.5, 0.6) is 0 Å². The molecule has 2 unspecified atom stereocenters. The summed E-state index contributed by atoms with van der Waals surface area (Å²) in [6.07, 6.45) is 2.24. The second-order valence-electron chi connectivity index (χ2n) is 4.61. The van der Waals surface area contributed by atoms with E-state index in [1.54, 1.807) is 0 Å². The number of fused-ring (bicyclic) bond motifs is 1. The van der Waals surface area contributed by atoms with Gasteiger partial charge in [0.1, 0.15) is 5.52 Å². The maximum absolute atomic E-state index is 10.0. The smallest absolute Gasteiger partial charge is 0.198 e. The lowest BCUT2D eigenvalue weighted by Gasteiger charge is -2.16. The van der Waals surface area contributed by atoms with E-state index in [2.05, 4.69) is 18.8 Å². The van der Waals surface area contributed by atoms with Crippen molar-refractivity contribution in [2.24, 2.45) is 5.92 Å². The Morgan fingerprint density at radius 3 is 2.82 bits per heavy atom. The van der Waals surface area contributed by atoms with Crippen molar-refractivity contribution >= 4 is 11.1 Å². The predicted octanol–water partition coefficient (Wildman–Crippen LogP) is 3.17. The molecule has 3 heteroatoms. The van der Waals surface area contributed by atoms with Crippen molar-refractivity contribution in [3.05, 3.63) is 30.2 Å². The molecule has 92 valence electrons. The minimum Gasteiger partial charge on any atom is -0.441 e. The van der Waals surface area contributed by atoms with Crippen LogP contribution in [-0.4, -0.2) is 16.2 Å². The molecule has 0 bridgehead atoms. The molecule has 0 fully saturated rings. The topological polar surface area (TPSA) is 46.3 Å². The Morgan fingerprint density at radius 2 is 2.12 bits per heavy atom. The van der Waals surface area contributed by atoms with E-state index in [1.165, 1.54) is 0 Å². The summed E-state index contributed by atoms with van der Waals surface area (Å²) in [4.78, 5) is 4.37. The Bertz CT molecular complexity index is 445. The molecule has 0 saturated heterocycles. The number of rotatable bonds is 5. The summed E-state index contributed by atoms with van der Waals surface area (Å²) in [5, 5.41) is 10.0. The largest absolute Gasteiger partial charge is 0.441 e. The maximum atomic E-state index is 10.0. The highest BCUT2D eigenvalue weighted by Gasteiger charge is 2.17. The van der Waals surface area contributed by atoms with E-state index in [0.29, 0.717) is 12.3 Å². The normalized spacial score (nSPS) is 15.0. The summed E-state index contributed by atoms with van der Waals surface area (Å²) in [6, 6.07) is 7.68. The van der Waals surface area contributed by atoms with E-state index in [1.807, 2.05) is 24.3 Å². The van der Waals surface area contributed by atoms with E-state index in [-0.39, 0.29) is 12.0 Å². The zero-order chi connectivity index (χ0) is 12.3. The van der Waals surface area contributed by atoms with Crippen molar-refractivity contribution in [3.8, 4) is 0 Å². The Morgan fingerprint density at radius 1 is 1.35 bits per heavy atom. The third kappa shape index (κ3) is 2.86. The number of aromatic nitrogens is 1. The Hall–Kier alpha value is -1.35. The van der Waals surface area contributed by atoms with Crippen LogP contribution in [0, 0.1) is 5.92 Å². The Labute approximate surface area is 101 Å². The zero-order valence-corrected chi connectivity index (χ0v) is 10.4. The first-order valence-corrected chi connectivity index (χ1v) is 6.23. The molecule has 0 aliphatic rings. The SMILES string of the molecule is CCCC(C)C(O)Cc1nc2ccccc2o1. The molecule has 3 nitrogen and oxygen atoms in total. The van der Waals surface area contributed by atoms with Crippen LogP contribution in [0.4, 0.5) is 0 Å². The molecule has 0 spiro atoms. The molecule has 1 aromatic carbocycles.